The molecule has 0 bridgehead atoms. The normalized spacial score (nSPS) is 10.9. The predicted molar refractivity (Wildman–Crippen MR) is 103 cm³/mol. The molecule has 0 aliphatic heterocycles. The minimum Gasteiger partial charge on any atom is -0.454 e. The molecule has 6 nitrogen and oxygen atoms in total. The molecule has 2 aromatic heterocycles. The van der Waals surface area contributed by atoms with Crippen LogP contribution in [0, 0.1) is 13.8 Å². The highest BCUT2D eigenvalue weighted by Gasteiger charge is 2.19. The van der Waals surface area contributed by atoms with Gasteiger partial charge in [0.05, 0.1) is 11.8 Å². The van der Waals surface area contributed by atoms with Crippen LogP contribution in [0.4, 0.5) is 0 Å². The van der Waals surface area contributed by atoms with E-state index in [9.17, 15) is 9.59 Å². The molecule has 0 saturated heterocycles. The van der Waals surface area contributed by atoms with Gasteiger partial charge in [-0.1, -0.05) is 23.2 Å². The van der Waals surface area contributed by atoms with E-state index in [-0.39, 0.29) is 12.4 Å². The monoisotopic (exact) mass is 405 g/mol. The Bertz CT molecular complexity index is 1020. The largest absolute Gasteiger partial charge is 0.454 e. The molecule has 0 radical (unpaired) electrons. The second-order valence-electron chi connectivity index (χ2n) is 6.15. The summed E-state index contributed by atoms with van der Waals surface area (Å²) >= 11 is 12.2. The molecule has 0 aliphatic carbocycles. The summed E-state index contributed by atoms with van der Waals surface area (Å²) < 4.78 is 8.48. The van der Waals surface area contributed by atoms with Crippen LogP contribution in [0.15, 0.2) is 36.7 Å². The Hall–Kier alpha value is -2.57. The number of rotatable bonds is 5. The summed E-state index contributed by atoms with van der Waals surface area (Å²) in [7, 11) is 1.69. The number of carbonyl (C=O) groups is 2. The first-order valence-corrected chi connectivity index (χ1v) is 8.86. The van der Waals surface area contributed by atoms with Crippen molar-refractivity contribution in [1.82, 2.24) is 14.3 Å². The first-order chi connectivity index (χ1) is 12.8. The second-order valence-corrected chi connectivity index (χ2v) is 7.02. The van der Waals surface area contributed by atoms with Crippen LogP contribution in [0.2, 0.25) is 10.0 Å². The minimum atomic E-state index is -0.591. The fourth-order valence-electron chi connectivity index (χ4n) is 2.93. The number of carbonyl (C=O) groups excluding carboxylic acids is 2. The zero-order chi connectivity index (χ0) is 19.7. The van der Waals surface area contributed by atoms with E-state index < -0.39 is 5.97 Å². The Morgan fingerprint density at radius 2 is 1.78 bits per heavy atom. The lowest BCUT2D eigenvalue weighted by atomic mass is 10.1. The average molecular weight is 406 g/mol. The highest BCUT2D eigenvalue weighted by molar-refractivity contribution is 6.34. The SMILES string of the molecule is Cc1cc(C(=O)COC(=O)c2cnn(C)c2)c(C)n1-c1cc(Cl)cc(Cl)c1. The summed E-state index contributed by atoms with van der Waals surface area (Å²) in [6.07, 6.45) is 2.92. The van der Waals surface area contributed by atoms with Crippen LogP contribution >= 0.6 is 23.2 Å². The molecule has 0 N–H and O–H groups in total. The van der Waals surface area contributed by atoms with Crippen molar-refractivity contribution in [2.45, 2.75) is 13.8 Å². The van der Waals surface area contributed by atoms with Crippen LogP contribution in [0.3, 0.4) is 0 Å². The molecular formula is C19H17Cl2N3O3. The molecule has 1 aromatic carbocycles. The topological polar surface area (TPSA) is 66.1 Å². The average Bonchev–Trinajstić information content (AvgIpc) is 3.14. The van der Waals surface area contributed by atoms with Crippen LogP contribution in [0.5, 0.6) is 0 Å². The molecule has 0 atom stereocenters. The highest BCUT2D eigenvalue weighted by atomic mass is 35.5. The van der Waals surface area contributed by atoms with E-state index in [0.29, 0.717) is 26.9 Å². The Labute approximate surface area is 166 Å². The quantitative estimate of drug-likeness (QED) is 0.471. The maximum absolute atomic E-state index is 12.6. The summed E-state index contributed by atoms with van der Waals surface area (Å²) in [6, 6.07) is 6.93. The molecule has 0 unspecified atom stereocenters. The number of halogens is 2. The van der Waals surface area contributed by atoms with Gasteiger partial charge < -0.3 is 9.30 Å². The number of ketones is 1. The molecule has 27 heavy (non-hydrogen) atoms. The molecule has 0 amide bonds. The fourth-order valence-corrected chi connectivity index (χ4v) is 3.44. The molecule has 0 spiro atoms. The Kier molecular flexibility index (Phi) is 5.39. The van der Waals surface area contributed by atoms with Gasteiger partial charge >= 0.3 is 5.97 Å². The van der Waals surface area contributed by atoms with Crippen molar-refractivity contribution in [3.05, 3.63) is 69.2 Å². The number of benzene rings is 1. The fraction of sp³-hybridized carbons (Fsp3) is 0.211. The third-order valence-electron chi connectivity index (χ3n) is 4.11. The Morgan fingerprint density at radius 1 is 1.11 bits per heavy atom. The first-order valence-electron chi connectivity index (χ1n) is 8.10. The third-order valence-corrected chi connectivity index (χ3v) is 4.55. The van der Waals surface area contributed by atoms with E-state index in [4.69, 9.17) is 27.9 Å². The van der Waals surface area contributed by atoms with Crippen molar-refractivity contribution in [2.24, 2.45) is 7.05 Å². The van der Waals surface area contributed by atoms with Crippen LogP contribution < -0.4 is 0 Å². The van der Waals surface area contributed by atoms with Crippen molar-refractivity contribution in [3.63, 3.8) is 0 Å². The van der Waals surface area contributed by atoms with Gasteiger partial charge in [-0.15, -0.1) is 0 Å². The smallest absolute Gasteiger partial charge is 0.341 e. The van der Waals surface area contributed by atoms with Crippen molar-refractivity contribution in [2.75, 3.05) is 6.61 Å². The first kappa shape index (κ1) is 19.2. The van der Waals surface area contributed by atoms with Crippen molar-refractivity contribution >= 4 is 35.0 Å². The summed E-state index contributed by atoms with van der Waals surface area (Å²) in [5.41, 5.74) is 3.09. The summed E-state index contributed by atoms with van der Waals surface area (Å²) in [5, 5.41) is 4.91. The molecular weight excluding hydrogens is 389 g/mol. The van der Waals surface area contributed by atoms with E-state index >= 15 is 0 Å². The maximum atomic E-state index is 12.6. The lowest BCUT2D eigenvalue weighted by molar-refractivity contribution is 0.0474. The highest BCUT2D eigenvalue weighted by Crippen LogP contribution is 2.26. The number of nitrogens with zero attached hydrogens (tertiary/aromatic N) is 3. The zero-order valence-corrected chi connectivity index (χ0v) is 16.5. The van der Waals surface area contributed by atoms with Crippen molar-refractivity contribution < 1.29 is 14.3 Å². The van der Waals surface area contributed by atoms with Crippen molar-refractivity contribution in [1.29, 1.82) is 0 Å². The Balaban J connectivity index is 1.81. The maximum Gasteiger partial charge on any atom is 0.341 e. The number of aryl methyl sites for hydroxylation is 2. The lowest BCUT2D eigenvalue weighted by Crippen LogP contribution is -2.14. The molecule has 0 saturated carbocycles. The summed E-state index contributed by atoms with van der Waals surface area (Å²) in [6.45, 7) is 3.34. The van der Waals surface area contributed by atoms with E-state index in [1.807, 2.05) is 18.4 Å². The van der Waals surface area contributed by atoms with Crippen molar-refractivity contribution in [3.8, 4) is 5.69 Å². The second kappa shape index (κ2) is 7.58. The third kappa shape index (κ3) is 4.07. The number of ether oxygens (including phenoxy) is 1. The molecule has 140 valence electrons. The molecule has 2 heterocycles. The minimum absolute atomic E-state index is 0.292. The van der Waals surface area contributed by atoms with Gasteiger partial charge in [0.2, 0.25) is 5.78 Å². The van der Waals surface area contributed by atoms with Gasteiger partial charge in [0, 0.05) is 45.9 Å². The molecule has 0 aliphatic rings. The van der Waals surface area contributed by atoms with Gasteiger partial charge in [-0.3, -0.25) is 9.48 Å². The standard InChI is InChI=1S/C19H17Cl2N3O3/c1-11-4-17(12(2)24(11)16-6-14(20)5-15(21)7-16)18(25)10-27-19(26)13-8-22-23(3)9-13/h4-9H,10H2,1-3H3. The van der Waals surface area contributed by atoms with E-state index in [2.05, 4.69) is 5.10 Å². The lowest BCUT2D eigenvalue weighted by Gasteiger charge is -2.11. The number of Topliss-reactive ketones (excluding diaryl/α,β-unsaturated/α-hetero) is 1. The van der Waals surface area contributed by atoms with Crippen LogP contribution in [0.1, 0.15) is 32.1 Å². The Morgan fingerprint density at radius 3 is 2.37 bits per heavy atom. The predicted octanol–water partition coefficient (Wildman–Crippen LogP) is 4.17. The summed E-state index contributed by atoms with van der Waals surface area (Å²) in [4.78, 5) is 24.6. The van der Waals surface area contributed by atoms with E-state index in [1.54, 1.807) is 31.3 Å². The van der Waals surface area contributed by atoms with Gasteiger partial charge in [0.1, 0.15) is 0 Å². The van der Waals surface area contributed by atoms with Crippen LogP contribution in [-0.4, -0.2) is 32.7 Å². The number of esters is 1. The van der Waals surface area contributed by atoms with Gasteiger partial charge in [0.15, 0.2) is 6.61 Å². The zero-order valence-electron chi connectivity index (χ0n) is 15.0. The van der Waals surface area contributed by atoms with Crippen LogP contribution in [0.25, 0.3) is 5.69 Å². The van der Waals surface area contributed by atoms with E-state index in [1.165, 1.54) is 17.1 Å². The summed E-state index contributed by atoms with van der Waals surface area (Å²) in [5.74, 6) is -0.883. The number of hydrogen-bond donors (Lipinski definition) is 0. The van der Waals surface area contributed by atoms with Crippen LogP contribution in [-0.2, 0) is 11.8 Å². The van der Waals surface area contributed by atoms with E-state index in [0.717, 1.165) is 11.4 Å². The van der Waals surface area contributed by atoms with Gasteiger partial charge in [-0.2, -0.15) is 5.10 Å². The molecule has 8 heteroatoms. The molecule has 3 rings (SSSR count). The van der Waals surface area contributed by atoms with Gasteiger partial charge in [0.25, 0.3) is 0 Å². The van der Waals surface area contributed by atoms with Gasteiger partial charge in [-0.05, 0) is 38.1 Å². The molecule has 3 aromatic rings. The van der Waals surface area contributed by atoms with Gasteiger partial charge in [-0.25, -0.2) is 4.79 Å². The molecule has 0 fully saturated rings. The number of aromatic nitrogens is 3. The number of hydrogen-bond acceptors (Lipinski definition) is 4.